The number of aryl methyl sites for hydroxylation is 1. The van der Waals surface area contributed by atoms with Crippen molar-refractivity contribution in [2.24, 2.45) is 4.99 Å². The summed E-state index contributed by atoms with van der Waals surface area (Å²) in [5, 5.41) is 11.2. The maximum atomic E-state index is 12.9. The lowest BCUT2D eigenvalue weighted by Crippen LogP contribution is -2.38. The summed E-state index contributed by atoms with van der Waals surface area (Å²) in [6.07, 6.45) is 1.67. The number of hydrogen-bond acceptors (Lipinski definition) is 6. The van der Waals surface area contributed by atoms with Gasteiger partial charge in [0.1, 0.15) is 24.8 Å². The van der Waals surface area contributed by atoms with Crippen LogP contribution in [0, 0.1) is 12.3 Å². The molecule has 0 unspecified atom stereocenters. The molecule has 192 valence electrons. The first-order chi connectivity index (χ1) is 18.5. The summed E-state index contributed by atoms with van der Waals surface area (Å²) in [5.74, 6) is 1.58. The van der Waals surface area contributed by atoms with Crippen molar-refractivity contribution in [1.29, 1.82) is 5.41 Å². The van der Waals surface area contributed by atoms with E-state index in [0.717, 1.165) is 22.6 Å². The van der Waals surface area contributed by atoms with Gasteiger partial charge in [-0.3, -0.25) is 15.1 Å². The van der Waals surface area contributed by atoms with Gasteiger partial charge in [-0.1, -0.05) is 60.3 Å². The average molecular weight is 526 g/mol. The lowest BCUT2D eigenvalue weighted by molar-refractivity contribution is -0.114. The van der Waals surface area contributed by atoms with Crippen molar-refractivity contribution in [3.63, 3.8) is 0 Å². The highest BCUT2D eigenvalue weighted by Gasteiger charge is 2.36. The summed E-state index contributed by atoms with van der Waals surface area (Å²) < 4.78 is 17.5. The number of nitrogens with zero attached hydrogens (tertiary/aromatic N) is 2. The van der Waals surface area contributed by atoms with Crippen molar-refractivity contribution in [2.75, 3.05) is 19.8 Å². The van der Waals surface area contributed by atoms with Gasteiger partial charge in [-0.2, -0.15) is 4.99 Å². The molecule has 0 saturated heterocycles. The Hall–Kier alpha value is -4.30. The second-order valence-corrected chi connectivity index (χ2v) is 9.42. The number of amidine groups is 2. The molecule has 5 rings (SSSR count). The van der Waals surface area contributed by atoms with Crippen LogP contribution >= 0.6 is 11.8 Å². The second-order valence-electron chi connectivity index (χ2n) is 8.58. The summed E-state index contributed by atoms with van der Waals surface area (Å²) in [5.41, 5.74) is 3.83. The van der Waals surface area contributed by atoms with Gasteiger partial charge in [-0.25, -0.2) is 0 Å². The molecular weight excluding hydrogens is 498 g/mol. The van der Waals surface area contributed by atoms with Gasteiger partial charge in [0.2, 0.25) is 0 Å². The molecule has 2 heterocycles. The van der Waals surface area contributed by atoms with E-state index in [1.54, 1.807) is 23.1 Å². The van der Waals surface area contributed by atoms with Crippen molar-refractivity contribution in [1.82, 2.24) is 4.90 Å². The Bertz CT molecular complexity index is 1460. The molecule has 0 aromatic heterocycles. The van der Waals surface area contributed by atoms with E-state index in [9.17, 15) is 4.79 Å². The van der Waals surface area contributed by atoms with E-state index in [0.29, 0.717) is 42.1 Å². The normalized spacial score (nSPS) is 15.7. The van der Waals surface area contributed by atoms with Crippen LogP contribution in [0.3, 0.4) is 0 Å². The predicted molar refractivity (Wildman–Crippen MR) is 152 cm³/mol. The van der Waals surface area contributed by atoms with Gasteiger partial charge in [0.15, 0.2) is 16.7 Å². The summed E-state index contributed by atoms with van der Waals surface area (Å²) in [6.45, 7) is 5.10. The number of benzene rings is 3. The molecule has 0 aliphatic carbocycles. The van der Waals surface area contributed by atoms with E-state index in [1.165, 1.54) is 11.8 Å². The van der Waals surface area contributed by atoms with Crippen LogP contribution in [-0.2, 0) is 4.79 Å². The number of rotatable bonds is 9. The first kappa shape index (κ1) is 25.4. The third-order valence-electron chi connectivity index (χ3n) is 5.86. The van der Waals surface area contributed by atoms with Crippen LogP contribution in [-0.4, -0.2) is 41.6 Å². The number of nitrogens with one attached hydrogen (secondary N) is 1. The monoisotopic (exact) mass is 525 g/mol. The SMILES string of the molecule is CCOc1cc(C=C2C(=N)N3C(c4ccccc4)=CSC3=NC2=O)ccc1OCCOc1cccc(C)c1. The molecule has 0 spiro atoms. The minimum Gasteiger partial charge on any atom is -0.490 e. The second kappa shape index (κ2) is 11.4. The highest BCUT2D eigenvalue weighted by atomic mass is 32.2. The largest absolute Gasteiger partial charge is 0.490 e. The van der Waals surface area contributed by atoms with Crippen LogP contribution in [0.1, 0.15) is 23.6 Å². The minimum absolute atomic E-state index is 0.0895. The van der Waals surface area contributed by atoms with Crippen LogP contribution in [0.2, 0.25) is 0 Å². The van der Waals surface area contributed by atoms with Gasteiger partial charge >= 0.3 is 0 Å². The molecule has 3 aromatic carbocycles. The van der Waals surface area contributed by atoms with Crippen molar-refractivity contribution in [3.8, 4) is 17.2 Å². The van der Waals surface area contributed by atoms with Crippen molar-refractivity contribution in [2.45, 2.75) is 13.8 Å². The van der Waals surface area contributed by atoms with Gasteiger partial charge in [0.25, 0.3) is 5.91 Å². The molecule has 2 aliphatic rings. The number of carbonyl (C=O) groups is 1. The molecule has 0 fully saturated rings. The smallest absolute Gasteiger partial charge is 0.283 e. The van der Waals surface area contributed by atoms with Crippen LogP contribution in [0.5, 0.6) is 17.2 Å². The third kappa shape index (κ3) is 5.50. The molecule has 7 nitrogen and oxygen atoms in total. The maximum Gasteiger partial charge on any atom is 0.283 e. The van der Waals surface area contributed by atoms with Gasteiger partial charge in [-0.05, 0) is 60.9 Å². The fourth-order valence-corrected chi connectivity index (χ4v) is 4.99. The zero-order valence-corrected chi connectivity index (χ0v) is 22.0. The molecule has 2 aliphatic heterocycles. The van der Waals surface area contributed by atoms with E-state index in [1.807, 2.05) is 79.9 Å². The quantitative estimate of drug-likeness (QED) is 0.266. The van der Waals surface area contributed by atoms with E-state index < -0.39 is 5.91 Å². The molecule has 38 heavy (non-hydrogen) atoms. The van der Waals surface area contributed by atoms with Crippen LogP contribution in [0.4, 0.5) is 0 Å². The fourth-order valence-electron chi connectivity index (χ4n) is 4.10. The lowest BCUT2D eigenvalue weighted by Gasteiger charge is -2.27. The van der Waals surface area contributed by atoms with E-state index in [-0.39, 0.29) is 11.4 Å². The number of ether oxygens (including phenoxy) is 3. The van der Waals surface area contributed by atoms with E-state index >= 15 is 0 Å². The molecular formula is C30H27N3O4S. The highest BCUT2D eigenvalue weighted by Crippen LogP contribution is 2.37. The number of carbonyl (C=O) groups excluding carboxylic acids is 1. The topological polar surface area (TPSA) is 84.2 Å². The minimum atomic E-state index is -0.442. The Balaban J connectivity index is 1.32. The van der Waals surface area contributed by atoms with Gasteiger partial charge in [0.05, 0.1) is 17.9 Å². The summed E-state index contributed by atoms with van der Waals surface area (Å²) >= 11 is 1.34. The highest BCUT2D eigenvalue weighted by molar-refractivity contribution is 8.17. The van der Waals surface area contributed by atoms with Crippen molar-refractivity contribution in [3.05, 3.63) is 100 Å². The molecule has 0 bridgehead atoms. The van der Waals surface area contributed by atoms with Crippen LogP contribution < -0.4 is 14.2 Å². The molecule has 1 amide bonds. The maximum absolute atomic E-state index is 12.9. The number of thioether (sulfide) groups is 1. The first-order valence-corrected chi connectivity index (χ1v) is 13.2. The summed E-state index contributed by atoms with van der Waals surface area (Å²) in [4.78, 5) is 18.8. The Morgan fingerprint density at radius 3 is 2.55 bits per heavy atom. The molecule has 0 radical (unpaired) electrons. The molecule has 1 N–H and O–H groups in total. The van der Waals surface area contributed by atoms with Gasteiger partial charge in [-0.15, -0.1) is 0 Å². The van der Waals surface area contributed by atoms with Crippen LogP contribution in [0.15, 0.2) is 88.8 Å². The molecule has 8 heteroatoms. The Labute approximate surface area is 225 Å². The van der Waals surface area contributed by atoms with E-state index in [2.05, 4.69) is 4.99 Å². The first-order valence-electron chi connectivity index (χ1n) is 12.3. The molecule has 0 saturated carbocycles. The van der Waals surface area contributed by atoms with Gasteiger partial charge < -0.3 is 14.2 Å². The zero-order chi connectivity index (χ0) is 26.5. The van der Waals surface area contributed by atoms with E-state index in [4.69, 9.17) is 19.6 Å². The summed E-state index contributed by atoms with van der Waals surface area (Å²) in [7, 11) is 0. The van der Waals surface area contributed by atoms with Crippen molar-refractivity contribution < 1.29 is 19.0 Å². The third-order valence-corrected chi connectivity index (χ3v) is 6.69. The predicted octanol–water partition coefficient (Wildman–Crippen LogP) is 6.16. The van der Waals surface area contributed by atoms with Crippen molar-refractivity contribution >= 4 is 40.4 Å². The molecule has 3 aromatic rings. The number of aliphatic imine (C=N–C) groups is 1. The zero-order valence-electron chi connectivity index (χ0n) is 21.1. The summed E-state index contributed by atoms with van der Waals surface area (Å²) in [6, 6.07) is 23.1. The van der Waals surface area contributed by atoms with Crippen LogP contribution in [0.25, 0.3) is 11.8 Å². The van der Waals surface area contributed by atoms with Gasteiger partial charge in [0, 0.05) is 5.41 Å². The number of amides is 1. The lowest BCUT2D eigenvalue weighted by atomic mass is 10.1. The fraction of sp³-hybridized carbons (Fsp3) is 0.167. The Morgan fingerprint density at radius 1 is 0.947 bits per heavy atom. The standard InChI is InChI=1S/C30H27N3O4S/c1-3-35-27-18-21(12-13-26(27)37-15-14-36-23-11-7-8-20(2)16-23)17-24-28(31)33-25(22-9-5-4-6-10-22)19-38-30(33)32-29(24)34/h4-13,16-19,31H,3,14-15H2,1-2H3. The Morgan fingerprint density at radius 2 is 1.76 bits per heavy atom. The number of hydrogen-bond donors (Lipinski definition) is 1. The average Bonchev–Trinajstić information content (AvgIpc) is 3.34. The Kier molecular flexibility index (Phi) is 7.60. The number of fused-ring (bicyclic) bond motifs is 1. The molecule has 0 atom stereocenters.